The number of carbonyl (C=O) groups is 1. The highest BCUT2D eigenvalue weighted by Crippen LogP contribution is 2.38. The number of likely N-dealkylation sites (tertiary alicyclic amines) is 1. The van der Waals surface area contributed by atoms with Crippen LogP contribution < -0.4 is 5.32 Å². The van der Waals surface area contributed by atoms with Crippen molar-refractivity contribution in [3.8, 4) is 0 Å². The van der Waals surface area contributed by atoms with Crippen LogP contribution in [0.5, 0.6) is 0 Å². The lowest BCUT2D eigenvalue weighted by Gasteiger charge is -2.47. The Labute approximate surface area is 97.6 Å². The van der Waals surface area contributed by atoms with E-state index in [4.69, 9.17) is 0 Å². The quantitative estimate of drug-likeness (QED) is 0.763. The van der Waals surface area contributed by atoms with Gasteiger partial charge >= 0.3 is 6.03 Å². The van der Waals surface area contributed by atoms with Gasteiger partial charge in [-0.15, -0.1) is 0 Å². The van der Waals surface area contributed by atoms with E-state index in [-0.39, 0.29) is 6.03 Å². The smallest absolute Gasteiger partial charge is 0.317 e. The predicted molar refractivity (Wildman–Crippen MR) is 63.1 cm³/mol. The van der Waals surface area contributed by atoms with Crippen molar-refractivity contribution in [2.75, 3.05) is 13.1 Å². The SMILES string of the molecule is CC1CC(NC(=O)N2CC(C3CCC3)C2)C1. The fourth-order valence-electron chi connectivity index (χ4n) is 3.17. The summed E-state index contributed by atoms with van der Waals surface area (Å²) in [5.41, 5.74) is 0. The second-order valence-corrected chi connectivity index (χ2v) is 6.08. The molecule has 3 heteroatoms. The fraction of sp³-hybridized carbons (Fsp3) is 0.923. The molecule has 1 N–H and O–H groups in total. The Morgan fingerprint density at radius 1 is 1.19 bits per heavy atom. The number of urea groups is 1. The Bertz CT molecular complexity index is 276. The second kappa shape index (κ2) is 3.94. The summed E-state index contributed by atoms with van der Waals surface area (Å²) < 4.78 is 0. The molecule has 0 bridgehead atoms. The van der Waals surface area contributed by atoms with Crippen LogP contribution in [0.2, 0.25) is 0 Å². The third kappa shape index (κ3) is 1.80. The third-order valence-corrected chi connectivity index (χ3v) is 4.71. The van der Waals surface area contributed by atoms with Crippen molar-refractivity contribution in [1.82, 2.24) is 10.2 Å². The number of amides is 2. The minimum absolute atomic E-state index is 0.187. The largest absolute Gasteiger partial charge is 0.335 e. The third-order valence-electron chi connectivity index (χ3n) is 4.71. The summed E-state index contributed by atoms with van der Waals surface area (Å²) in [7, 11) is 0. The summed E-state index contributed by atoms with van der Waals surface area (Å²) in [6.45, 7) is 4.27. The van der Waals surface area contributed by atoms with E-state index in [0.717, 1.165) is 30.8 Å². The van der Waals surface area contributed by atoms with E-state index in [1.165, 1.54) is 32.1 Å². The lowest BCUT2D eigenvalue weighted by molar-refractivity contribution is 0.0483. The summed E-state index contributed by atoms with van der Waals surface area (Å²) in [6, 6.07) is 0.651. The van der Waals surface area contributed by atoms with Gasteiger partial charge in [-0.3, -0.25) is 0 Å². The number of nitrogens with one attached hydrogen (secondary N) is 1. The molecule has 3 fully saturated rings. The van der Waals surface area contributed by atoms with Crippen molar-refractivity contribution in [3.05, 3.63) is 0 Å². The number of nitrogens with zero attached hydrogens (tertiary/aromatic N) is 1. The topological polar surface area (TPSA) is 32.3 Å². The highest BCUT2D eigenvalue weighted by Gasteiger charge is 2.39. The van der Waals surface area contributed by atoms with Crippen LogP contribution in [0, 0.1) is 17.8 Å². The Morgan fingerprint density at radius 2 is 1.88 bits per heavy atom. The van der Waals surface area contributed by atoms with Crippen molar-refractivity contribution < 1.29 is 4.79 Å². The van der Waals surface area contributed by atoms with Crippen molar-refractivity contribution in [1.29, 1.82) is 0 Å². The Hall–Kier alpha value is -0.730. The molecule has 2 aliphatic carbocycles. The number of rotatable bonds is 2. The molecule has 1 saturated heterocycles. The molecule has 3 rings (SSSR count). The van der Waals surface area contributed by atoms with E-state index >= 15 is 0 Å². The average Bonchev–Trinajstić information content (AvgIpc) is 2.04. The Kier molecular flexibility index (Phi) is 2.56. The first-order valence-electron chi connectivity index (χ1n) is 6.78. The molecule has 0 aromatic heterocycles. The minimum atomic E-state index is 0.187. The zero-order valence-corrected chi connectivity index (χ0v) is 10.1. The van der Waals surface area contributed by atoms with Gasteiger partial charge in [0.1, 0.15) is 0 Å². The standard InChI is InChI=1S/C13H22N2O/c1-9-5-12(6-9)14-13(16)15-7-11(8-15)10-3-2-4-10/h9-12H,2-8H2,1H3,(H,14,16). The summed E-state index contributed by atoms with van der Waals surface area (Å²) in [4.78, 5) is 13.8. The molecule has 16 heavy (non-hydrogen) atoms. The van der Waals surface area contributed by atoms with Gasteiger partial charge in [0.05, 0.1) is 0 Å². The normalized spacial score (nSPS) is 34.9. The maximum atomic E-state index is 11.8. The summed E-state index contributed by atoms with van der Waals surface area (Å²) in [5, 5.41) is 3.13. The van der Waals surface area contributed by atoms with E-state index in [1.807, 2.05) is 4.90 Å². The summed E-state index contributed by atoms with van der Waals surface area (Å²) in [5.74, 6) is 2.57. The Morgan fingerprint density at radius 3 is 2.38 bits per heavy atom. The predicted octanol–water partition coefficient (Wildman–Crippen LogP) is 2.23. The van der Waals surface area contributed by atoms with Crippen LogP contribution >= 0.6 is 0 Å². The van der Waals surface area contributed by atoms with Crippen LogP contribution in [0.25, 0.3) is 0 Å². The van der Waals surface area contributed by atoms with Gasteiger partial charge in [-0.2, -0.15) is 0 Å². The molecule has 0 spiro atoms. The molecule has 3 nitrogen and oxygen atoms in total. The highest BCUT2D eigenvalue weighted by molar-refractivity contribution is 5.75. The van der Waals surface area contributed by atoms with Crippen molar-refractivity contribution >= 4 is 6.03 Å². The zero-order chi connectivity index (χ0) is 11.1. The molecular formula is C13H22N2O. The molecule has 3 aliphatic rings. The first kappa shape index (κ1) is 10.4. The van der Waals surface area contributed by atoms with Gasteiger partial charge in [-0.25, -0.2) is 4.79 Å². The zero-order valence-electron chi connectivity index (χ0n) is 10.1. The fourth-order valence-corrected chi connectivity index (χ4v) is 3.17. The number of hydrogen-bond acceptors (Lipinski definition) is 1. The molecule has 0 unspecified atom stereocenters. The van der Waals surface area contributed by atoms with Crippen molar-refractivity contribution in [3.63, 3.8) is 0 Å². The van der Waals surface area contributed by atoms with Crippen LogP contribution in [-0.4, -0.2) is 30.1 Å². The maximum absolute atomic E-state index is 11.8. The molecule has 2 saturated carbocycles. The van der Waals surface area contributed by atoms with Gasteiger partial charge in [0.2, 0.25) is 0 Å². The number of carbonyl (C=O) groups excluding carboxylic acids is 1. The average molecular weight is 222 g/mol. The molecule has 0 atom stereocenters. The maximum Gasteiger partial charge on any atom is 0.317 e. The molecule has 0 aromatic carbocycles. The summed E-state index contributed by atoms with van der Waals surface area (Å²) in [6.07, 6.45) is 6.56. The molecule has 2 amide bonds. The van der Waals surface area contributed by atoms with E-state index in [0.29, 0.717) is 6.04 Å². The molecule has 0 radical (unpaired) electrons. The van der Waals surface area contributed by atoms with Gasteiger partial charge in [0.15, 0.2) is 0 Å². The van der Waals surface area contributed by atoms with Crippen LogP contribution in [0.15, 0.2) is 0 Å². The summed E-state index contributed by atoms with van der Waals surface area (Å²) >= 11 is 0. The van der Waals surface area contributed by atoms with Crippen LogP contribution in [0.1, 0.15) is 39.0 Å². The van der Waals surface area contributed by atoms with E-state index in [9.17, 15) is 4.79 Å². The van der Waals surface area contributed by atoms with E-state index in [2.05, 4.69) is 12.2 Å². The monoisotopic (exact) mass is 222 g/mol. The van der Waals surface area contributed by atoms with Crippen LogP contribution in [0.3, 0.4) is 0 Å². The highest BCUT2D eigenvalue weighted by atomic mass is 16.2. The lowest BCUT2D eigenvalue weighted by Crippen LogP contribution is -2.59. The minimum Gasteiger partial charge on any atom is -0.335 e. The molecule has 0 aromatic rings. The first-order chi connectivity index (χ1) is 7.72. The molecule has 1 heterocycles. The molecule has 1 aliphatic heterocycles. The van der Waals surface area contributed by atoms with Gasteiger partial charge in [0, 0.05) is 19.1 Å². The van der Waals surface area contributed by atoms with Gasteiger partial charge in [-0.05, 0) is 30.6 Å². The second-order valence-electron chi connectivity index (χ2n) is 6.08. The number of hydrogen-bond donors (Lipinski definition) is 1. The molecular weight excluding hydrogens is 200 g/mol. The van der Waals surface area contributed by atoms with Gasteiger partial charge in [-0.1, -0.05) is 26.2 Å². The van der Waals surface area contributed by atoms with Crippen LogP contribution in [-0.2, 0) is 0 Å². The first-order valence-corrected chi connectivity index (χ1v) is 6.78. The van der Waals surface area contributed by atoms with E-state index in [1.54, 1.807) is 0 Å². The van der Waals surface area contributed by atoms with Gasteiger partial charge < -0.3 is 10.2 Å². The van der Waals surface area contributed by atoms with Crippen molar-refractivity contribution in [2.45, 2.75) is 45.1 Å². The molecule has 90 valence electrons. The van der Waals surface area contributed by atoms with Crippen LogP contribution in [0.4, 0.5) is 4.79 Å². The van der Waals surface area contributed by atoms with Crippen molar-refractivity contribution in [2.24, 2.45) is 17.8 Å². The Balaban J connectivity index is 1.37. The van der Waals surface area contributed by atoms with Gasteiger partial charge in [0.25, 0.3) is 0 Å². The lowest BCUT2D eigenvalue weighted by atomic mass is 9.72. The van der Waals surface area contributed by atoms with E-state index < -0.39 is 0 Å².